The summed E-state index contributed by atoms with van der Waals surface area (Å²) in [5, 5.41) is 8.43. The van der Waals surface area contributed by atoms with Crippen LogP contribution in [-0.2, 0) is 26.2 Å². The van der Waals surface area contributed by atoms with Crippen LogP contribution < -0.4 is 4.72 Å². The molecule has 20 heavy (non-hydrogen) atoms. The van der Waals surface area contributed by atoms with Crippen molar-refractivity contribution in [2.24, 2.45) is 0 Å². The SMILES string of the molecule is O=C(O)CCCNS(=O)(=O)CCOCc1ccccc1. The first-order valence-corrected chi connectivity index (χ1v) is 7.95. The summed E-state index contributed by atoms with van der Waals surface area (Å²) in [5.74, 6) is -1.07. The first kappa shape index (κ1) is 16.6. The number of aliphatic carboxylic acids is 1. The number of carbonyl (C=O) groups is 1. The molecular weight excluding hydrogens is 282 g/mol. The average molecular weight is 301 g/mol. The predicted molar refractivity (Wildman–Crippen MR) is 74.8 cm³/mol. The maximum absolute atomic E-state index is 11.5. The van der Waals surface area contributed by atoms with Crippen molar-refractivity contribution in [2.75, 3.05) is 18.9 Å². The summed E-state index contributed by atoms with van der Waals surface area (Å²) in [4.78, 5) is 10.3. The molecule has 0 atom stereocenters. The summed E-state index contributed by atoms with van der Waals surface area (Å²) in [6.45, 7) is 0.603. The Hall–Kier alpha value is -1.44. The van der Waals surface area contributed by atoms with E-state index in [1.165, 1.54) is 0 Å². The first-order valence-electron chi connectivity index (χ1n) is 6.30. The van der Waals surface area contributed by atoms with Crippen molar-refractivity contribution < 1.29 is 23.1 Å². The summed E-state index contributed by atoms with van der Waals surface area (Å²) >= 11 is 0. The molecule has 6 nitrogen and oxygen atoms in total. The van der Waals surface area contributed by atoms with Gasteiger partial charge in [-0.1, -0.05) is 30.3 Å². The van der Waals surface area contributed by atoms with E-state index in [4.69, 9.17) is 9.84 Å². The lowest BCUT2D eigenvalue weighted by atomic mass is 10.2. The fourth-order valence-electron chi connectivity index (χ4n) is 1.47. The third-order valence-electron chi connectivity index (χ3n) is 2.50. The summed E-state index contributed by atoms with van der Waals surface area (Å²) in [6, 6.07) is 9.48. The van der Waals surface area contributed by atoms with Crippen LogP contribution in [0.2, 0.25) is 0 Å². The Labute approximate surface area is 118 Å². The van der Waals surface area contributed by atoms with Crippen molar-refractivity contribution in [3.05, 3.63) is 35.9 Å². The van der Waals surface area contributed by atoms with Gasteiger partial charge >= 0.3 is 5.97 Å². The molecule has 2 N–H and O–H groups in total. The zero-order chi connectivity index (χ0) is 14.8. The summed E-state index contributed by atoms with van der Waals surface area (Å²) in [7, 11) is -3.40. The molecule has 0 radical (unpaired) electrons. The minimum absolute atomic E-state index is 0.0486. The van der Waals surface area contributed by atoms with Crippen molar-refractivity contribution in [3.63, 3.8) is 0 Å². The van der Waals surface area contributed by atoms with Crippen LogP contribution in [0, 0.1) is 0 Å². The zero-order valence-electron chi connectivity index (χ0n) is 11.1. The monoisotopic (exact) mass is 301 g/mol. The molecule has 0 amide bonds. The van der Waals surface area contributed by atoms with E-state index in [2.05, 4.69) is 4.72 Å². The van der Waals surface area contributed by atoms with Crippen molar-refractivity contribution in [1.82, 2.24) is 4.72 Å². The van der Waals surface area contributed by atoms with Crippen molar-refractivity contribution in [3.8, 4) is 0 Å². The lowest BCUT2D eigenvalue weighted by Gasteiger charge is -2.07. The van der Waals surface area contributed by atoms with E-state index in [-0.39, 0.29) is 31.7 Å². The molecule has 112 valence electrons. The topological polar surface area (TPSA) is 92.7 Å². The molecule has 0 aliphatic carbocycles. The molecule has 0 bridgehead atoms. The fraction of sp³-hybridized carbons (Fsp3) is 0.462. The van der Waals surface area contributed by atoms with Crippen LogP contribution >= 0.6 is 0 Å². The maximum Gasteiger partial charge on any atom is 0.303 e. The van der Waals surface area contributed by atoms with Crippen LogP contribution in [-0.4, -0.2) is 38.4 Å². The van der Waals surface area contributed by atoms with E-state index in [0.29, 0.717) is 6.61 Å². The van der Waals surface area contributed by atoms with Gasteiger partial charge in [0.1, 0.15) is 0 Å². The highest BCUT2D eigenvalue weighted by molar-refractivity contribution is 7.89. The number of carboxylic acid groups (broad SMARTS) is 1. The van der Waals surface area contributed by atoms with Gasteiger partial charge in [-0.25, -0.2) is 13.1 Å². The van der Waals surface area contributed by atoms with Crippen LogP contribution in [0.3, 0.4) is 0 Å². The van der Waals surface area contributed by atoms with Crippen molar-refractivity contribution in [2.45, 2.75) is 19.4 Å². The number of nitrogens with one attached hydrogen (secondary N) is 1. The van der Waals surface area contributed by atoms with Gasteiger partial charge in [-0.05, 0) is 12.0 Å². The predicted octanol–water partition coefficient (Wildman–Crippen LogP) is 0.987. The lowest BCUT2D eigenvalue weighted by molar-refractivity contribution is -0.137. The Morgan fingerprint density at radius 2 is 1.95 bits per heavy atom. The Morgan fingerprint density at radius 3 is 2.60 bits per heavy atom. The highest BCUT2D eigenvalue weighted by atomic mass is 32.2. The second kappa shape index (κ2) is 8.68. The first-order chi connectivity index (χ1) is 9.49. The summed E-state index contributed by atoms with van der Waals surface area (Å²) < 4.78 is 30.7. The molecule has 1 aromatic carbocycles. The maximum atomic E-state index is 11.5. The highest BCUT2D eigenvalue weighted by Crippen LogP contribution is 2.00. The van der Waals surface area contributed by atoms with Gasteiger partial charge in [0, 0.05) is 13.0 Å². The number of hydrogen-bond acceptors (Lipinski definition) is 4. The second-order valence-corrected chi connectivity index (χ2v) is 6.18. The standard InChI is InChI=1S/C13H19NO5S/c15-13(16)7-4-8-14-20(17,18)10-9-19-11-12-5-2-1-3-6-12/h1-3,5-6,14H,4,7-11H2,(H,15,16). The van der Waals surface area contributed by atoms with Crippen LogP contribution in [0.25, 0.3) is 0 Å². The highest BCUT2D eigenvalue weighted by Gasteiger charge is 2.09. The second-order valence-electron chi connectivity index (χ2n) is 4.25. The summed E-state index contributed by atoms with van der Waals surface area (Å²) in [6.07, 6.45) is 0.229. The Kier molecular flexibility index (Phi) is 7.21. The molecule has 0 aliphatic rings. The van der Waals surface area contributed by atoms with Gasteiger partial charge in [-0.15, -0.1) is 0 Å². The van der Waals surface area contributed by atoms with Crippen LogP contribution in [0.4, 0.5) is 0 Å². The van der Waals surface area contributed by atoms with E-state index in [1.807, 2.05) is 30.3 Å². The molecule has 0 unspecified atom stereocenters. The minimum atomic E-state index is -3.40. The molecule has 0 aliphatic heterocycles. The van der Waals surface area contributed by atoms with Crippen LogP contribution in [0.5, 0.6) is 0 Å². The van der Waals surface area contributed by atoms with E-state index in [9.17, 15) is 13.2 Å². The number of ether oxygens (including phenoxy) is 1. The minimum Gasteiger partial charge on any atom is -0.481 e. The van der Waals surface area contributed by atoms with E-state index in [0.717, 1.165) is 5.56 Å². The van der Waals surface area contributed by atoms with Crippen LogP contribution in [0.15, 0.2) is 30.3 Å². The van der Waals surface area contributed by atoms with Gasteiger partial charge in [0.25, 0.3) is 0 Å². The average Bonchev–Trinajstić information content (AvgIpc) is 2.41. The molecule has 0 saturated heterocycles. The third kappa shape index (κ3) is 7.88. The van der Waals surface area contributed by atoms with Gasteiger partial charge in [-0.3, -0.25) is 4.79 Å². The number of carboxylic acids is 1. The van der Waals surface area contributed by atoms with E-state index >= 15 is 0 Å². The molecule has 0 heterocycles. The Balaban J connectivity index is 2.15. The van der Waals surface area contributed by atoms with Crippen molar-refractivity contribution in [1.29, 1.82) is 0 Å². The van der Waals surface area contributed by atoms with Gasteiger partial charge in [-0.2, -0.15) is 0 Å². The lowest BCUT2D eigenvalue weighted by Crippen LogP contribution is -2.29. The quantitative estimate of drug-likeness (QED) is 0.629. The Bertz CT molecular complexity index is 501. The number of hydrogen-bond donors (Lipinski definition) is 2. The summed E-state index contributed by atoms with van der Waals surface area (Å²) in [5.41, 5.74) is 0.985. The molecule has 0 spiro atoms. The molecule has 0 saturated carbocycles. The van der Waals surface area contributed by atoms with E-state index in [1.54, 1.807) is 0 Å². The van der Waals surface area contributed by atoms with Gasteiger partial charge in [0.15, 0.2) is 0 Å². The van der Waals surface area contributed by atoms with Crippen molar-refractivity contribution >= 4 is 16.0 Å². The fourth-order valence-corrected chi connectivity index (χ4v) is 2.41. The normalized spacial score (nSPS) is 11.4. The molecular formula is C13H19NO5S. The molecule has 0 fully saturated rings. The number of benzene rings is 1. The molecule has 7 heteroatoms. The van der Waals surface area contributed by atoms with Crippen LogP contribution in [0.1, 0.15) is 18.4 Å². The van der Waals surface area contributed by atoms with Gasteiger partial charge in [0.2, 0.25) is 10.0 Å². The van der Waals surface area contributed by atoms with Gasteiger partial charge in [0.05, 0.1) is 19.0 Å². The number of sulfonamides is 1. The third-order valence-corrected chi connectivity index (χ3v) is 3.85. The zero-order valence-corrected chi connectivity index (χ0v) is 11.9. The number of rotatable bonds is 10. The molecule has 1 aromatic rings. The molecule has 1 rings (SSSR count). The Morgan fingerprint density at radius 1 is 1.25 bits per heavy atom. The molecule has 0 aromatic heterocycles. The van der Waals surface area contributed by atoms with E-state index < -0.39 is 16.0 Å². The smallest absolute Gasteiger partial charge is 0.303 e. The largest absolute Gasteiger partial charge is 0.481 e. The van der Waals surface area contributed by atoms with Gasteiger partial charge < -0.3 is 9.84 Å².